The van der Waals surface area contributed by atoms with Crippen LogP contribution in [0.1, 0.15) is 24.6 Å². The summed E-state index contributed by atoms with van der Waals surface area (Å²) >= 11 is 0. The lowest BCUT2D eigenvalue weighted by Gasteiger charge is -2.21. The number of fused-ring (bicyclic) bond motifs is 2. The van der Waals surface area contributed by atoms with Crippen LogP contribution in [-0.2, 0) is 12.8 Å². The number of pyridine rings is 1. The van der Waals surface area contributed by atoms with Crippen LogP contribution in [0.15, 0.2) is 29.1 Å². The Bertz CT molecular complexity index is 597. The molecule has 2 nitrogen and oxygen atoms in total. The Hall–Kier alpha value is -1.57. The van der Waals surface area contributed by atoms with E-state index in [1.165, 1.54) is 6.42 Å². The lowest BCUT2D eigenvalue weighted by molar-refractivity contribution is 0.493. The molecule has 1 heterocycles. The van der Waals surface area contributed by atoms with Gasteiger partial charge in [-0.3, -0.25) is 4.79 Å². The maximum atomic E-state index is 12.3. The Morgan fingerprint density at radius 2 is 2.12 bits per heavy atom. The maximum Gasteiger partial charge on any atom is 0.192 e. The molecule has 0 saturated carbocycles. The molecular weight excluding hydrogens is 198 g/mol. The van der Waals surface area contributed by atoms with Crippen LogP contribution in [0.5, 0.6) is 0 Å². The summed E-state index contributed by atoms with van der Waals surface area (Å²) in [6.07, 6.45) is 3.12. The van der Waals surface area contributed by atoms with Crippen molar-refractivity contribution in [1.29, 1.82) is 0 Å². The number of aromatic amines is 1. The third kappa shape index (κ3) is 1.37. The minimum atomic E-state index is 0.232. The molecular formula is C14H15NO. The van der Waals surface area contributed by atoms with Crippen LogP contribution in [0.2, 0.25) is 0 Å². The zero-order chi connectivity index (χ0) is 11.1. The minimum Gasteiger partial charge on any atom is -0.358 e. The van der Waals surface area contributed by atoms with Crippen molar-refractivity contribution in [3.05, 3.63) is 45.7 Å². The van der Waals surface area contributed by atoms with Crippen molar-refractivity contribution in [2.24, 2.45) is 5.92 Å². The van der Waals surface area contributed by atoms with E-state index >= 15 is 0 Å². The minimum absolute atomic E-state index is 0.232. The van der Waals surface area contributed by atoms with Crippen molar-refractivity contribution in [1.82, 2.24) is 4.98 Å². The second-order valence-corrected chi connectivity index (χ2v) is 4.80. The summed E-state index contributed by atoms with van der Waals surface area (Å²) in [5.74, 6) is 0.634. The molecule has 1 aromatic heterocycles. The predicted octanol–water partition coefficient (Wildman–Crippen LogP) is 2.65. The van der Waals surface area contributed by atoms with Gasteiger partial charge in [0.2, 0.25) is 0 Å². The quantitative estimate of drug-likeness (QED) is 0.717. The van der Waals surface area contributed by atoms with E-state index in [1.54, 1.807) is 0 Å². The molecule has 1 aliphatic carbocycles. The highest BCUT2D eigenvalue weighted by Crippen LogP contribution is 2.23. The SMILES string of the molecule is C[C@@H]1CCc2[nH]c3ccccc3c(=O)c2C1. The molecule has 1 aliphatic rings. The Labute approximate surface area is 94.3 Å². The molecule has 1 N–H and O–H groups in total. The first kappa shape index (κ1) is 9.64. The Balaban J connectivity index is 2.34. The number of para-hydroxylation sites is 1. The first-order valence-corrected chi connectivity index (χ1v) is 5.88. The zero-order valence-electron chi connectivity index (χ0n) is 9.42. The zero-order valence-corrected chi connectivity index (χ0v) is 9.42. The summed E-state index contributed by atoms with van der Waals surface area (Å²) in [5, 5.41) is 0.829. The second kappa shape index (κ2) is 3.48. The average Bonchev–Trinajstić information content (AvgIpc) is 2.31. The summed E-state index contributed by atoms with van der Waals surface area (Å²) in [7, 11) is 0. The van der Waals surface area contributed by atoms with Gasteiger partial charge in [0.25, 0.3) is 0 Å². The summed E-state index contributed by atoms with van der Waals surface area (Å²) < 4.78 is 0. The fourth-order valence-electron chi connectivity index (χ4n) is 2.60. The lowest BCUT2D eigenvalue weighted by atomic mass is 9.87. The van der Waals surface area contributed by atoms with E-state index in [4.69, 9.17) is 0 Å². The third-order valence-corrected chi connectivity index (χ3v) is 3.54. The van der Waals surface area contributed by atoms with Gasteiger partial charge in [0.15, 0.2) is 5.43 Å². The smallest absolute Gasteiger partial charge is 0.192 e. The monoisotopic (exact) mass is 213 g/mol. The van der Waals surface area contributed by atoms with Crippen molar-refractivity contribution in [3.63, 3.8) is 0 Å². The van der Waals surface area contributed by atoms with Crippen molar-refractivity contribution in [3.8, 4) is 0 Å². The Morgan fingerprint density at radius 1 is 1.31 bits per heavy atom. The van der Waals surface area contributed by atoms with Crippen molar-refractivity contribution in [2.75, 3.05) is 0 Å². The summed E-state index contributed by atoms with van der Waals surface area (Å²) in [5.41, 5.74) is 3.37. The van der Waals surface area contributed by atoms with Gasteiger partial charge in [-0.1, -0.05) is 19.1 Å². The number of H-pyrrole nitrogens is 1. The van der Waals surface area contributed by atoms with Crippen LogP contribution < -0.4 is 5.43 Å². The van der Waals surface area contributed by atoms with Gasteiger partial charge in [0.1, 0.15) is 0 Å². The first-order valence-electron chi connectivity index (χ1n) is 5.88. The van der Waals surface area contributed by atoms with Crippen molar-refractivity contribution < 1.29 is 0 Å². The first-order chi connectivity index (χ1) is 7.75. The largest absolute Gasteiger partial charge is 0.358 e. The van der Waals surface area contributed by atoms with Gasteiger partial charge in [0, 0.05) is 22.2 Å². The molecule has 1 atom stereocenters. The van der Waals surface area contributed by atoms with Crippen molar-refractivity contribution in [2.45, 2.75) is 26.2 Å². The molecule has 0 fully saturated rings. The molecule has 0 saturated heterocycles. The number of rotatable bonds is 0. The lowest BCUT2D eigenvalue weighted by Crippen LogP contribution is -2.22. The van der Waals surface area contributed by atoms with Gasteiger partial charge < -0.3 is 4.98 Å². The highest BCUT2D eigenvalue weighted by atomic mass is 16.1. The highest BCUT2D eigenvalue weighted by molar-refractivity contribution is 5.79. The topological polar surface area (TPSA) is 32.9 Å². The summed E-state index contributed by atoms with van der Waals surface area (Å²) in [6, 6.07) is 7.79. The normalized spacial score (nSPS) is 19.7. The third-order valence-electron chi connectivity index (χ3n) is 3.54. The number of hydrogen-bond donors (Lipinski definition) is 1. The number of aryl methyl sites for hydroxylation is 1. The van der Waals surface area contributed by atoms with Gasteiger partial charge >= 0.3 is 0 Å². The Morgan fingerprint density at radius 3 is 3.00 bits per heavy atom. The van der Waals surface area contributed by atoms with Gasteiger partial charge in [-0.15, -0.1) is 0 Å². The molecule has 0 aliphatic heterocycles. The molecule has 0 spiro atoms. The number of nitrogens with one attached hydrogen (secondary N) is 1. The fraction of sp³-hybridized carbons (Fsp3) is 0.357. The predicted molar refractivity (Wildman–Crippen MR) is 65.8 cm³/mol. The maximum absolute atomic E-state index is 12.3. The van der Waals surface area contributed by atoms with Crippen LogP contribution >= 0.6 is 0 Å². The van der Waals surface area contributed by atoms with Crippen LogP contribution in [-0.4, -0.2) is 4.98 Å². The van der Waals surface area contributed by atoms with E-state index in [1.807, 2.05) is 24.3 Å². The van der Waals surface area contributed by atoms with E-state index in [-0.39, 0.29) is 5.43 Å². The molecule has 0 bridgehead atoms. The molecule has 0 amide bonds. The second-order valence-electron chi connectivity index (χ2n) is 4.80. The summed E-state index contributed by atoms with van der Waals surface area (Å²) in [6.45, 7) is 2.22. The standard InChI is InChI=1S/C14H15NO/c1-9-6-7-13-11(8-9)14(16)10-4-2-3-5-12(10)15-13/h2-5,9H,6-8H2,1H3,(H,15,16)/t9-/m1/s1. The molecule has 16 heavy (non-hydrogen) atoms. The highest BCUT2D eigenvalue weighted by Gasteiger charge is 2.19. The molecule has 0 unspecified atom stereocenters. The van der Waals surface area contributed by atoms with Gasteiger partial charge in [-0.05, 0) is 37.3 Å². The molecule has 2 heteroatoms. The van der Waals surface area contributed by atoms with E-state index < -0.39 is 0 Å². The molecule has 0 radical (unpaired) electrons. The fourth-order valence-corrected chi connectivity index (χ4v) is 2.60. The number of hydrogen-bond acceptors (Lipinski definition) is 1. The van der Waals surface area contributed by atoms with Gasteiger partial charge in [0.05, 0.1) is 0 Å². The molecule has 3 rings (SSSR count). The van der Waals surface area contributed by atoms with Gasteiger partial charge in [-0.25, -0.2) is 0 Å². The van der Waals surface area contributed by atoms with Crippen LogP contribution in [0.3, 0.4) is 0 Å². The van der Waals surface area contributed by atoms with E-state index in [0.717, 1.165) is 35.0 Å². The van der Waals surface area contributed by atoms with Gasteiger partial charge in [-0.2, -0.15) is 0 Å². The number of benzene rings is 1. The van der Waals surface area contributed by atoms with E-state index in [9.17, 15) is 4.79 Å². The van der Waals surface area contributed by atoms with Crippen LogP contribution in [0.4, 0.5) is 0 Å². The Kier molecular flexibility index (Phi) is 2.10. The molecule has 1 aromatic carbocycles. The van der Waals surface area contributed by atoms with E-state index in [2.05, 4.69) is 11.9 Å². The average molecular weight is 213 g/mol. The van der Waals surface area contributed by atoms with Crippen LogP contribution in [0, 0.1) is 5.92 Å². The van der Waals surface area contributed by atoms with E-state index in [0.29, 0.717) is 5.92 Å². The van der Waals surface area contributed by atoms with Crippen molar-refractivity contribution >= 4 is 10.9 Å². The molecule has 2 aromatic rings. The summed E-state index contributed by atoms with van der Waals surface area (Å²) in [4.78, 5) is 15.7. The van der Waals surface area contributed by atoms with Crippen LogP contribution in [0.25, 0.3) is 10.9 Å². The molecule has 82 valence electrons. The number of aromatic nitrogens is 1.